The highest BCUT2D eigenvalue weighted by molar-refractivity contribution is 7.90. The first-order valence-electron chi connectivity index (χ1n) is 8.12. The summed E-state index contributed by atoms with van der Waals surface area (Å²) in [5.74, 6) is 1.09. The van der Waals surface area contributed by atoms with Crippen LogP contribution in [-0.2, 0) is 29.2 Å². The van der Waals surface area contributed by atoms with E-state index in [4.69, 9.17) is 0 Å². The molecule has 0 aliphatic carbocycles. The van der Waals surface area contributed by atoms with Gasteiger partial charge in [-0.05, 0) is 25.0 Å². The normalized spacial score (nSPS) is 14.1. The molecule has 9 heteroatoms. The highest BCUT2D eigenvalue weighted by Crippen LogP contribution is 2.31. The van der Waals surface area contributed by atoms with E-state index in [9.17, 15) is 18.5 Å². The molecule has 8 nitrogen and oxygen atoms in total. The molecule has 1 aromatic heterocycles. The number of benzene rings is 1. The van der Waals surface area contributed by atoms with Crippen LogP contribution in [0.3, 0.4) is 0 Å². The molecule has 0 bridgehead atoms. The van der Waals surface area contributed by atoms with Crippen molar-refractivity contribution < 1.29 is 13.3 Å². The van der Waals surface area contributed by atoms with Gasteiger partial charge in [0, 0.05) is 38.4 Å². The Morgan fingerprint density at radius 2 is 2.16 bits per heavy atom. The third kappa shape index (κ3) is 3.81. The maximum atomic E-state index is 11.8. The molecule has 0 fully saturated rings. The second-order valence-electron chi connectivity index (χ2n) is 6.16. The quantitative estimate of drug-likeness (QED) is 0.622. The Kier molecular flexibility index (Phi) is 4.76. The molecule has 3 rings (SSSR count). The van der Waals surface area contributed by atoms with Gasteiger partial charge in [0.25, 0.3) is 0 Å². The van der Waals surface area contributed by atoms with Crippen LogP contribution in [0.25, 0.3) is 0 Å². The first kappa shape index (κ1) is 17.4. The lowest BCUT2D eigenvalue weighted by Crippen LogP contribution is -2.10. The minimum absolute atomic E-state index is 0.205. The van der Waals surface area contributed by atoms with Crippen molar-refractivity contribution in [3.63, 3.8) is 0 Å². The van der Waals surface area contributed by atoms with Crippen molar-refractivity contribution in [2.24, 2.45) is 0 Å². The second-order valence-corrected chi connectivity index (χ2v) is 8.14. The molecule has 0 unspecified atom stereocenters. The van der Waals surface area contributed by atoms with Crippen molar-refractivity contribution in [3.05, 3.63) is 46.0 Å². The summed E-state index contributed by atoms with van der Waals surface area (Å²) < 4.78 is 25.7. The number of sulfone groups is 1. The third-order valence-electron chi connectivity index (χ3n) is 4.24. The number of aromatic nitrogens is 2. The van der Waals surface area contributed by atoms with E-state index in [2.05, 4.69) is 14.9 Å². The molecule has 134 valence electrons. The van der Waals surface area contributed by atoms with E-state index < -0.39 is 20.4 Å². The molecule has 0 radical (unpaired) electrons. The number of aryl methyl sites for hydroxylation is 2. The fraction of sp³-hybridized carbons (Fsp3) is 0.438. The Morgan fingerprint density at radius 1 is 1.36 bits per heavy atom. The minimum Gasteiger partial charge on any atom is -0.379 e. The summed E-state index contributed by atoms with van der Waals surface area (Å²) in [4.78, 5) is 15.0. The Morgan fingerprint density at radius 3 is 2.84 bits per heavy atom. The smallest absolute Gasteiger partial charge is 0.310 e. The lowest BCUT2D eigenvalue weighted by molar-refractivity contribution is -0.386. The van der Waals surface area contributed by atoms with Gasteiger partial charge in [0.05, 0.1) is 10.6 Å². The lowest BCUT2D eigenvalue weighted by Gasteiger charge is -2.11. The first-order valence-corrected chi connectivity index (χ1v) is 10.0. The van der Waals surface area contributed by atoms with Gasteiger partial charge in [0.15, 0.2) is 9.84 Å². The second kappa shape index (κ2) is 6.83. The predicted octanol–water partition coefficient (Wildman–Crippen LogP) is 2.19. The summed E-state index contributed by atoms with van der Waals surface area (Å²) in [5.41, 5.74) is 0.734. The number of fused-ring (bicyclic) bond motifs is 1. The van der Waals surface area contributed by atoms with Crippen molar-refractivity contribution in [2.75, 3.05) is 18.1 Å². The van der Waals surface area contributed by atoms with Crippen molar-refractivity contribution in [1.82, 2.24) is 9.55 Å². The maximum Gasteiger partial charge on any atom is 0.310 e. The van der Waals surface area contributed by atoms with Gasteiger partial charge in [-0.15, -0.1) is 0 Å². The zero-order chi connectivity index (χ0) is 18.0. The van der Waals surface area contributed by atoms with E-state index >= 15 is 0 Å². The molecule has 2 heterocycles. The van der Waals surface area contributed by atoms with E-state index in [1.807, 2.05) is 6.20 Å². The molecule has 0 spiro atoms. The van der Waals surface area contributed by atoms with Crippen LogP contribution in [0.5, 0.6) is 0 Å². The molecule has 0 amide bonds. The van der Waals surface area contributed by atoms with E-state index in [-0.39, 0.29) is 10.6 Å². The molecule has 1 N–H and O–H groups in total. The number of nitro benzene ring substituents is 1. The molecule has 1 aliphatic heterocycles. The number of nitrogens with one attached hydrogen (secondary N) is 1. The van der Waals surface area contributed by atoms with Crippen LogP contribution in [0, 0.1) is 10.1 Å². The van der Waals surface area contributed by atoms with E-state index in [0.717, 1.165) is 43.6 Å². The number of anilines is 1. The highest BCUT2D eigenvalue weighted by atomic mass is 32.2. The SMILES string of the molecule is CS(=O)(=O)c1cccc(NCCc2cn3c(n2)CCCC3)c1[N+](=O)[O-]. The van der Waals surface area contributed by atoms with Crippen molar-refractivity contribution >= 4 is 21.2 Å². The Hall–Kier alpha value is -2.42. The van der Waals surface area contributed by atoms with Gasteiger partial charge in [0.2, 0.25) is 0 Å². The summed E-state index contributed by atoms with van der Waals surface area (Å²) in [6, 6.07) is 4.27. The number of hydrogen-bond donors (Lipinski definition) is 1. The van der Waals surface area contributed by atoms with Crippen LogP contribution in [0.15, 0.2) is 29.3 Å². The van der Waals surface area contributed by atoms with E-state index in [1.54, 1.807) is 0 Å². The van der Waals surface area contributed by atoms with Gasteiger partial charge in [-0.2, -0.15) is 0 Å². The van der Waals surface area contributed by atoms with Gasteiger partial charge in [0.1, 0.15) is 16.4 Å². The van der Waals surface area contributed by atoms with Crippen molar-refractivity contribution in [1.29, 1.82) is 0 Å². The molecule has 0 atom stereocenters. The number of nitrogens with zero attached hydrogens (tertiary/aromatic N) is 3. The molecule has 0 saturated carbocycles. The summed E-state index contributed by atoms with van der Waals surface area (Å²) in [6.45, 7) is 1.42. The fourth-order valence-corrected chi connectivity index (χ4v) is 3.93. The molecule has 1 aromatic carbocycles. The van der Waals surface area contributed by atoms with Crippen molar-refractivity contribution in [3.8, 4) is 0 Å². The minimum atomic E-state index is -3.68. The summed E-state index contributed by atoms with van der Waals surface area (Å²) in [6.07, 6.45) is 6.90. The average molecular weight is 364 g/mol. The highest BCUT2D eigenvalue weighted by Gasteiger charge is 2.25. The molecular weight excluding hydrogens is 344 g/mol. The Balaban J connectivity index is 1.75. The molecule has 0 saturated heterocycles. The largest absolute Gasteiger partial charge is 0.379 e. The Bertz CT molecular complexity index is 881. The molecular formula is C16H20N4O4S. The Labute approximate surface area is 146 Å². The summed E-state index contributed by atoms with van der Waals surface area (Å²) in [5, 5.41) is 14.3. The first-order chi connectivity index (χ1) is 11.9. The van der Waals surface area contributed by atoms with Crippen LogP contribution in [-0.4, -0.2) is 35.7 Å². The predicted molar refractivity (Wildman–Crippen MR) is 93.6 cm³/mol. The van der Waals surface area contributed by atoms with Crippen molar-refractivity contribution in [2.45, 2.75) is 37.1 Å². The summed E-state index contributed by atoms with van der Waals surface area (Å²) >= 11 is 0. The number of nitro groups is 1. The van der Waals surface area contributed by atoms with Gasteiger partial charge < -0.3 is 9.88 Å². The lowest BCUT2D eigenvalue weighted by atomic mass is 10.2. The fourth-order valence-electron chi connectivity index (χ4n) is 3.07. The molecule has 25 heavy (non-hydrogen) atoms. The maximum absolute atomic E-state index is 11.8. The topological polar surface area (TPSA) is 107 Å². The summed E-state index contributed by atoms with van der Waals surface area (Å²) in [7, 11) is -3.68. The monoisotopic (exact) mass is 364 g/mol. The van der Waals surface area contributed by atoms with Gasteiger partial charge >= 0.3 is 5.69 Å². The van der Waals surface area contributed by atoms with Gasteiger partial charge in [-0.25, -0.2) is 13.4 Å². The number of hydrogen-bond acceptors (Lipinski definition) is 6. The van der Waals surface area contributed by atoms with Crippen LogP contribution >= 0.6 is 0 Å². The zero-order valence-electron chi connectivity index (χ0n) is 13.9. The average Bonchev–Trinajstić information content (AvgIpc) is 2.96. The van der Waals surface area contributed by atoms with Crippen LogP contribution in [0.4, 0.5) is 11.4 Å². The van der Waals surface area contributed by atoms with Crippen LogP contribution in [0.2, 0.25) is 0 Å². The number of para-hydroxylation sites is 1. The van der Waals surface area contributed by atoms with Crippen LogP contribution < -0.4 is 5.32 Å². The van der Waals surface area contributed by atoms with Crippen LogP contribution in [0.1, 0.15) is 24.4 Å². The standard InChI is InChI=1S/C16H20N4O4S/c1-25(23,24)14-6-4-5-13(16(14)20(21)22)17-9-8-12-11-19-10-3-2-7-15(19)18-12/h4-6,11,17H,2-3,7-10H2,1H3. The zero-order valence-corrected chi connectivity index (χ0v) is 14.8. The molecule has 2 aromatic rings. The molecule has 1 aliphatic rings. The number of rotatable bonds is 6. The van der Waals surface area contributed by atoms with E-state index in [1.165, 1.54) is 18.2 Å². The van der Waals surface area contributed by atoms with E-state index in [0.29, 0.717) is 13.0 Å². The third-order valence-corrected chi connectivity index (χ3v) is 5.36. The van der Waals surface area contributed by atoms with Gasteiger partial charge in [-0.1, -0.05) is 6.07 Å². The van der Waals surface area contributed by atoms with Gasteiger partial charge in [-0.3, -0.25) is 10.1 Å². The number of imidazole rings is 1.